The fourth-order valence-electron chi connectivity index (χ4n) is 2.32. The molecule has 0 radical (unpaired) electrons. The van der Waals surface area contributed by atoms with E-state index in [-0.39, 0.29) is 0 Å². The fraction of sp³-hybridized carbons (Fsp3) is 0.636. The highest BCUT2D eigenvalue weighted by atomic mass is 14.3. The van der Waals surface area contributed by atoms with Crippen molar-refractivity contribution >= 4 is 0 Å². The van der Waals surface area contributed by atoms with Crippen LogP contribution in [0.25, 0.3) is 0 Å². The molecule has 0 aliphatic heterocycles. The summed E-state index contributed by atoms with van der Waals surface area (Å²) in [6, 6.07) is 0. The van der Waals surface area contributed by atoms with Crippen molar-refractivity contribution in [3.8, 4) is 0 Å². The third-order valence-electron chi connectivity index (χ3n) is 3.11. The van der Waals surface area contributed by atoms with E-state index in [1.165, 1.54) is 32.1 Å². The molecule has 0 aromatic heterocycles. The fourth-order valence-corrected chi connectivity index (χ4v) is 2.32. The number of hydrogen-bond donors (Lipinski definition) is 0. The zero-order chi connectivity index (χ0) is 7.73. The Morgan fingerprint density at radius 3 is 3.09 bits per heavy atom. The van der Waals surface area contributed by atoms with Crippen LogP contribution in [-0.4, -0.2) is 0 Å². The summed E-state index contributed by atoms with van der Waals surface area (Å²) in [6.07, 6.45) is 13.9. The van der Waals surface area contributed by atoms with Gasteiger partial charge in [-0.3, -0.25) is 0 Å². The van der Waals surface area contributed by atoms with Gasteiger partial charge in [0.1, 0.15) is 0 Å². The molecule has 0 bridgehead atoms. The number of fused-ring (bicyclic) bond motifs is 1. The molecule has 2 aliphatic carbocycles. The molecule has 0 spiro atoms. The van der Waals surface area contributed by atoms with Gasteiger partial charge in [-0.1, -0.05) is 37.1 Å². The topological polar surface area (TPSA) is 0 Å². The molecule has 0 heterocycles. The van der Waals surface area contributed by atoms with Crippen molar-refractivity contribution in [3.05, 3.63) is 23.8 Å². The van der Waals surface area contributed by atoms with E-state index in [1.807, 2.05) is 0 Å². The van der Waals surface area contributed by atoms with E-state index in [1.54, 1.807) is 5.57 Å². The molecule has 0 aromatic rings. The first kappa shape index (κ1) is 7.15. The summed E-state index contributed by atoms with van der Waals surface area (Å²) in [6.45, 7) is 2.38. The molecule has 0 N–H and O–H groups in total. The van der Waals surface area contributed by atoms with E-state index < -0.39 is 0 Å². The zero-order valence-electron chi connectivity index (χ0n) is 7.27. The summed E-state index contributed by atoms with van der Waals surface area (Å²) in [5, 5.41) is 0. The van der Waals surface area contributed by atoms with Crippen LogP contribution in [0, 0.1) is 5.41 Å². The maximum absolute atomic E-state index is 2.43. The molecule has 0 amide bonds. The Balaban J connectivity index is 2.27. The third kappa shape index (κ3) is 1.15. The highest BCUT2D eigenvalue weighted by molar-refractivity contribution is 5.27. The molecular weight excluding hydrogens is 132 g/mol. The van der Waals surface area contributed by atoms with Crippen molar-refractivity contribution < 1.29 is 0 Å². The van der Waals surface area contributed by atoms with Gasteiger partial charge in [0.05, 0.1) is 0 Å². The lowest BCUT2D eigenvalue weighted by atomic mass is 9.69. The Labute approximate surface area is 69.0 Å². The summed E-state index contributed by atoms with van der Waals surface area (Å²) in [7, 11) is 0. The van der Waals surface area contributed by atoms with Crippen molar-refractivity contribution in [1.29, 1.82) is 0 Å². The van der Waals surface area contributed by atoms with E-state index in [2.05, 4.69) is 25.2 Å². The second kappa shape index (κ2) is 2.51. The molecule has 0 heteroatoms. The lowest BCUT2D eigenvalue weighted by Gasteiger charge is -2.35. The smallest absolute Gasteiger partial charge is 0.00627 e. The van der Waals surface area contributed by atoms with Gasteiger partial charge in [-0.2, -0.15) is 0 Å². The van der Waals surface area contributed by atoms with Crippen molar-refractivity contribution in [3.63, 3.8) is 0 Å². The first-order valence-corrected chi connectivity index (χ1v) is 4.68. The van der Waals surface area contributed by atoms with Gasteiger partial charge >= 0.3 is 0 Å². The van der Waals surface area contributed by atoms with Gasteiger partial charge in [0.15, 0.2) is 0 Å². The van der Waals surface area contributed by atoms with Crippen LogP contribution in [-0.2, 0) is 0 Å². The minimum Gasteiger partial charge on any atom is -0.0839 e. The van der Waals surface area contributed by atoms with Crippen LogP contribution in [0.3, 0.4) is 0 Å². The largest absolute Gasteiger partial charge is 0.0839 e. The second-order valence-corrected chi connectivity index (χ2v) is 3.99. The van der Waals surface area contributed by atoms with Crippen molar-refractivity contribution in [2.75, 3.05) is 0 Å². The van der Waals surface area contributed by atoms with Gasteiger partial charge in [0, 0.05) is 5.41 Å². The number of allylic oxidation sites excluding steroid dienone is 4. The van der Waals surface area contributed by atoms with E-state index in [4.69, 9.17) is 0 Å². The van der Waals surface area contributed by atoms with Crippen molar-refractivity contribution in [2.45, 2.75) is 39.0 Å². The van der Waals surface area contributed by atoms with Crippen LogP contribution in [0.1, 0.15) is 39.0 Å². The highest BCUT2D eigenvalue weighted by Crippen LogP contribution is 2.43. The molecule has 0 saturated heterocycles. The minimum absolute atomic E-state index is 0.455. The maximum atomic E-state index is 2.43. The Bertz CT molecular complexity index is 210. The van der Waals surface area contributed by atoms with E-state index >= 15 is 0 Å². The average Bonchev–Trinajstić information content (AvgIpc) is 2.03. The molecule has 1 unspecified atom stereocenters. The molecule has 60 valence electrons. The Hall–Kier alpha value is -0.520. The van der Waals surface area contributed by atoms with Crippen LogP contribution in [0.5, 0.6) is 0 Å². The number of rotatable bonds is 0. The van der Waals surface area contributed by atoms with Crippen LogP contribution in [0.2, 0.25) is 0 Å². The summed E-state index contributed by atoms with van der Waals surface area (Å²) >= 11 is 0. The van der Waals surface area contributed by atoms with Crippen molar-refractivity contribution in [1.82, 2.24) is 0 Å². The molecule has 1 atom stereocenters. The molecule has 1 fully saturated rings. The predicted octanol–water partition coefficient (Wildman–Crippen LogP) is 3.45. The monoisotopic (exact) mass is 148 g/mol. The van der Waals surface area contributed by atoms with Crippen LogP contribution in [0.4, 0.5) is 0 Å². The lowest BCUT2D eigenvalue weighted by Crippen LogP contribution is -2.22. The van der Waals surface area contributed by atoms with Gasteiger partial charge in [0.2, 0.25) is 0 Å². The summed E-state index contributed by atoms with van der Waals surface area (Å²) in [4.78, 5) is 0. The zero-order valence-corrected chi connectivity index (χ0v) is 7.27. The van der Waals surface area contributed by atoms with Gasteiger partial charge in [-0.05, 0) is 25.7 Å². The molecule has 2 rings (SSSR count). The van der Waals surface area contributed by atoms with E-state index in [0.717, 1.165) is 0 Å². The first-order chi connectivity index (χ1) is 5.31. The van der Waals surface area contributed by atoms with E-state index in [9.17, 15) is 0 Å². The van der Waals surface area contributed by atoms with Crippen LogP contribution < -0.4 is 0 Å². The summed E-state index contributed by atoms with van der Waals surface area (Å²) in [5.74, 6) is 0. The maximum Gasteiger partial charge on any atom is 0.00627 e. The molecule has 2 aliphatic rings. The minimum atomic E-state index is 0.455. The first-order valence-electron chi connectivity index (χ1n) is 4.68. The molecule has 11 heavy (non-hydrogen) atoms. The number of hydrogen-bond acceptors (Lipinski definition) is 0. The quantitative estimate of drug-likeness (QED) is 0.461. The standard InChI is InChI=1S/C11H16/c1-11-8-4-2-6-10(11)7-3-5-9-11/h4,6,8H,2-3,5,7,9H2,1H3. The van der Waals surface area contributed by atoms with Crippen LogP contribution in [0.15, 0.2) is 23.8 Å². The molecule has 0 aromatic carbocycles. The second-order valence-electron chi connectivity index (χ2n) is 3.99. The van der Waals surface area contributed by atoms with Crippen LogP contribution >= 0.6 is 0 Å². The average molecular weight is 148 g/mol. The Kier molecular flexibility index (Phi) is 1.63. The Morgan fingerprint density at radius 2 is 2.27 bits per heavy atom. The van der Waals surface area contributed by atoms with Gasteiger partial charge in [-0.25, -0.2) is 0 Å². The third-order valence-corrected chi connectivity index (χ3v) is 3.11. The summed E-state index contributed by atoms with van der Waals surface area (Å²) < 4.78 is 0. The summed E-state index contributed by atoms with van der Waals surface area (Å²) in [5.41, 5.74) is 2.16. The Morgan fingerprint density at radius 1 is 1.36 bits per heavy atom. The molecule has 0 nitrogen and oxygen atoms in total. The highest BCUT2D eigenvalue weighted by Gasteiger charge is 2.29. The molecular formula is C11H16. The van der Waals surface area contributed by atoms with Gasteiger partial charge in [0.25, 0.3) is 0 Å². The SMILES string of the molecule is CC12C=CCC=C1CCCC2. The van der Waals surface area contributed by atoms with Gasteiger partial charge < -0.3 is 0 Å². The van der Waals surface area contributed by atoms with Gasteiger partial charge in [-0.15, -0.1) is 0 Å². The van der Waals surface area contributed by atoms with E-state index in [0.29, 0.717) is 5.41 Å². The normalized spacial score (nSPS) is 36.3. The predicted molar refractivity (Wildman–Crippen MR) is 48.4 cm³/mol. The lowest BCUT2D eigenvalue weighted by molar-refractivity contribution is 0.376. The molecule has 1 saturated carbocycles. The van der Waals surface area contributed by atoms with Crippen molar-refractivity contribution in [2.24, 2.45) is 5.41 Å².